The average molecular weight is 99.1 g/mol. The molecule has 0 aromatic rings. The Bertz CT molecular complexity index is 76.6. The van der Waals surface area contributed by atoms with E-state index in [1.54, 1.807) is 0 Å². The van der Waals surface area contributed by atoms with Gasteiger partial charge in [-0.1, -0.05) is 5.57 Å². The summed E-state index contributed by atoms with van der Waals surface area (Å²) in [6, 6.07) is 0. The quantitative estimate of drug-likeness (QED) is 0.368. The van der Waals surface area contributed by atoms with Crippen molar-refractivity contribution in [2.45, 2.75) is 13.8 Å². The Morgan fingerprint density at radius 3 is 1.71 bits per heavy atom. The number of aliphatic hydroxyl groups is 1. The Morgan fingerprint density at radius 2 is 1.71 bits per heavy atom. The second-order valence-corrected chi connectivity index (χ2v) is 1.31. The first-order chi connectivity index (χ1) is 3.15. The van der Waals surface area contributed by atoms with E-state index in [-0.39, 0.29) is 0 Å². The number of hydrogen-bond acceptors (Lipinski definition) is 2. The van der Waals surface area contributed by atoms with E-state index < -0.39 is 0 Å². The van der Waals surface area contributed by atoms with Gasteiger partial charge in [-0.2, -0.15) is 5.26 Å². The molecule has 0 atom stereocenters. The van der Waals surface area contributed by atoms with Gasteiger partial charge in [0.1, 0.15) is 0 Å². The van der Waals surface area contributed by atoms with Crippen LogP contribution in [-0.2, 0) is 0 Å². The normalized spacial score (nSPS) is 4.71. The lowest BCUT2D eigenvalue weighted by molar-refractivity contribution is 0.503. The molecule has 40 valence electrons. The van der Waals surface area contributed by atoms with Gasteiger partial charge in [0.15, 0.2) is 0 Å². The first-order valence-electron chi connectivity index (χ1n) is 1.80. The highest BCUT2D eigenvalue weighted by atomic mass is 16.2. The van der Waals surface area contributed by atoms with Crippen LogP contribution in [0, 0.1) is 11.5 Å². The summed E-state index contributed by atoms with van der Waals surface area (Å²) in [5, 5.41) is 13.8. The summed E-state index contributed by atoms with van der Waals surface area (Å²) < 4.78 is 0. The van der Waals surface area contributed by atoms with Crippen LogP contribution in [0.15, 0.2) is 12.2 Å². The number of nitrogens with zero attached hydrogens (tertiary/aromatic N) is 1. The second kappa shape index (κ2) is 8.90. The van der Waals surface area contributed by atoms with Gasteiger partial charge in [-0.15, -0.1) is 6.58 Å². The molecule has 0 amide bonds. The van der Waals surface area contributed by atoms with Crippen molar-refractivity contribution < 1.29 is 5.11 Å². The van der Waals surface area contributed by atoms with E-state index in [0.717, 1.165) is 6.26 Å². The summed E-state index contributed by atoms with van der Waals surface area (Å²) >= 11 is 0. The third-order valence-electron chi connectivity index (χ3n) is 0. The smallest absolute Gasteiger partial charge is 0.283 e. The molecule has 0 heterocycles. The van der Waals surface area contributed by atoms with Crippen LogP contribution in [0.2, 0.25) is 0 Å². The zero-order valence-electron chi connectivity index (χ0n) is 4.60. The lowest BCUT2D eigenvalue weighted by Gasteiger charge is -1.65. The van der Waals surface area contributed by atoms with Crippen LogP contribution >= 0.6 is 0 Å². The van der Waals surface area contributed by atoms with Gasteiger partial charge in [0.25, 0.3) is 6.26 Å². The molecule has 0 unspecified atom stereocenters. The third kappa shape index (κ3) is 49.1. The maximum absolute atomic E-state index is 6.88. The van der Waals surface area contributed by atoms with Crippen molar-refractivity contribution in [3.8, 4) is 6.26 Å². The SMILES string of the molecule is C=C(C)C.N#CO. The second-order valence-electron chi connectivity index (χ2n) is 1.31. The molecule has 0 aromatic heterocycles. The van der Waals surface area contributed by atoms with Crippen molar-refractivity contribution in [3.05, 3.63) is 12.2 Å². The Labute approximate surface area is 43.7 Å². The molecule has 0 aromatic carbocycles. The molecule has 0 aliphatic rings. The number of allylic oxidation sites excluding steroid dienone is 1. The van der Waals surface area contributed by atoms with Crippen molar-refractivity contribution in [3.63, 3.8) is 0 Å². The van der Waals surface area contributed by atoms with Crippen LogP contribution in [0.3, 0.4) is 0 Å². The lowest BCUT2D eigenvalue weighted by Crippen LogP contribution is -1.43. The van der Waals surface area contributed by atoms with Gasteiger partial charge in [-0.05, 0) is 13.8 Å². The summed E-state index contributed by atoms with van der Waals surface area (Å²) in [4.78, 5) is 0. The zero-order chi connectivity index (χ0) is 6.28. The molecule has 0 rings (SSSR count). The van der Waals surface area contributed by atoms with Gasteiger partial charge >= 0.3 is 0 Å². The van der Waals surface area contributed by atoms with Crippen LogP contribution in [-0.4, -0.2) is 5.11 Å². The molecule has 2 nitrogen and oxygen atoms in total. The molecule has 7 heavy (non-hydrogen) atoms. The maximum Gasteiger partial charge on any atom is 0.283 e. The van der Waals surface area contributed by atoms with Crippen LogP contribution in [0.4, 0.5) is 0 Å². The molecule has 0 fully saturated rings. The molecule has 0 bridgehead atoms. The van der Waals surface area contributed by atoms with E-state index in [2.05, 4.69) is 6.58 Å². The molecular weight excluding hydrogens is 90.1 g/mol. The van der Waals surface area contributed by atoms with Gasteiger partial charge in [-0.3, -0.25) is 0 Å². The van der Waals surface area contributed by atoms with E-state index in [9.17, 15) is 0 Å². The molecule has 0 radical (unpaired) electrons. The van der Waals surface area contributed by atoms with Crippen molar-refractivity contribution in [2.75, 3.05) is 0 Å². The van der Waals surface area contributed by atoms with Gasteiger partial charge < -0.3 is 5.11 Å². The Balaban J connectivity index is 0. The Morgan fingerprint density at radius 1 is 1.71 bits per heavy atom. The minimum Gasteiger partial charge on any atom is -0.443 e. The minimum atomic E-state index is 0.750. The van der Waals surface area contributed by atoms with E-state index in [1.807, 2.05) is 13.8 Å². The Kier molecular flexibility index (Phi) is 11.9. The topological polar surface area (TPSA) is 44.0 Å². The van der Waals surface area contributed by atoms with Crippen LogP contribution in [0.1, 0.15) is 13.8 Å². The number of rotatable bonds is 0. The van der Waals surface area contributed by atoms with E-state index in [4.69, 9.17) is 10.4 Å². The highest BCUT2D eigenvalue weighted by molar-refractivity contribution is 4.78. The molecule has 0 saturated carbocycles. The molecule has 0 aliphatic carbocycles. The lowest BCUT2D eigenvalue weighted by atomic mass is 10.4. The molecule has 2 heteroatoms. The van der Waals surface area contributed by atoms with Crippen molar-refractivity contribution >= 4 is 0 Å². The van der Waals surface area contributed by atoms with Crippen molar-refractivity contribution in [1.82, 2.24) is 0 Å². The molecular formula is C5H9NO. The molecule has 0 saturated heterocycles. The van der Waals surface area contributed by atoms with E-state index >= 15 is 0 Å². The molecule has 0 spiro atoms. The number of aliphatic hydroxyl groups excluding tert-OH is 1. The first kappa shape index (κ1) is 9.39. The summed E-state index contributed by atoms with van der Waals surface area (Å²) in [6.07, 6.45) is 0.750. The monoisotopic (exact) mass is 99.1 g/mol. The van der Waals surface area contributed by atoms with E-state index in [1.165, 1.54) is 5.57 Å². The van der Waals surface area contributed by atoms with Gasteiger partial charge in [0.05, 0.1) is 0 Å². The van der Waals surface area contributed by atoms with Crippen LogP contribution in [0.25, 0.3) is 0 Å². The van der Waals surface area contributed by atoms with Crippen molar-refractivity contribution in [1.29, 1.82) is 5.26 Å². The van der Waals surface area contributed by atoms with Gasteiger partial charge in [0, 0.05) is 0 Å². The largest absolute Gasteiger partial charge is 0.443 e. The van der Waals surface area contributed by atoms with E-state index in [0.29, 0.717) is 0 Å². The average Bonchev–Trinajstić information content (AvgIpc) is 1.33. The maximum atomic E-state index is 6.88. The first-order valence-corrected chi connectivity index (χ1v) is 1.80. The minimum absolute atomic E-state index is 0.750. The fourth-order valence-electron chi connectivity index (χ4n) is 0. The predicted octanol–water partition coefficient (Wildman–Crippen LogP) is 1.42. The fourth-order valence-corrected chi connectivity index (χ4v) is 0. The van der Waals surface area contributed by atoms with Crippen LogP contribution in [0.5, 0.6) is 0 Å². The summed E-state index contributed by atoms with van der Waals surface area (Å²) in [6.45, 7) is 7.50. The van der Waals surface area contributed by atoms with Crippen molar-refractivity contribution in [2.24, 2.45) is 0 Å². The third-order valence-corrected chi connectivity index (χ3v) is 0. The summed E-state index contributed by atoms with van der Waals surface area (Å²) in [5.41, 5.74) is 1.17. The molecule has 0 aliphatic heterocycles. The standard InChI is InChI=1S/C4H8.CHNO/c1-4(2)3;2-1-3/h1H2,2-3H3;3H. The number of hydrogen-bond donors (Lipinski definition) is 1. The zero-order valence-corrected chi connectivity index (χ0v) is 4.60. The van der Waals surface area contributed by atoms with Gasteiger partial charge in [-0.25, -0.2) is 0 Å². The highest BCUT2D eigenvalue weighted by Gasteiger charge is 1.51. The van der Waals surface area contributed by atoms with Gasteiger partial charge in [0.2, 0.25) is 0 Å². The Hall–Kier alpha value is -0.970. The number of nitriles is 1. The molecule has 1 N–H and O–H groups in total. The predicted molar refractivity (Wildman–Crippen MR) is 28.0 cm³/mol. The van der Waals surface area contributed by atoms with Crippen LogP contribution < -0.4 is 0 Å². The fraction of sp³-hybridized carbons (Fsp3) is 0.400. The summed E-state index contributed by atoms with van der Waals surface area (Å²) in [7, 11) is 0. The summed E-state index contributed by atoms with van der Waals surface area (Å²) in [5.74, 6) is 0. The highest BCUT2D eigenvalue weighted by Crippen LogP contribution is 1.73.